The van der Waals surface area contributed by atoms with Crippen LogP contribution in [0.3, 0.4) is 0 Å². The molecule has 0 atom stereocenters. The van der Waals surface area contributed by atoms with Gasteiger partial charge in [0.1, 0.15) is 0 Å². The highest BCUT2D eigenvalue weighted by Crippen LogP contribution is 2.13. The average molecular weight is 182 g/mol. The lowest BCUT2D eigenvalue weighted by atomic mass is 10.2. The fourth-order valence-electron chi connectivity index (χ4n) is 0.770. The van der Waals surface area contributed by atoms with E-state index in [0.717, 1.165) is 6.21 Å². The SMILES string of the molecule is N=C/C(=C\N)c1cc(Cl)ccn1. The summed E-state index contributed by atoms with van der Waals surface area (Å²) in [5.74, 6) is 0. The molecule has 0 aliphatic rings. The molecule has 0 saturated heterocycles. The second-order valence-electron chi connectivity index (χ2n) is 2.13. The Labute approximate surface area is 75.4 Å². The third-order valence-electron chi connectivity index (χ3n) is 1.35. The molecule has 1 aromatic rings. The van der Waals surface area contributed by atoms with Crippen LogP contribution in [-0.2, 0) is 0 Å². The van der Waals surface area contributed by atoms with Gasteiger partial charge < -0.3 is 11.1 Å². The van der Waals surface area contributed by atoms with Crippen LogP contribution < -0.4 is 5.73 Å². The van der Waals surface area contributed by atoms with Crippen molar-refractivity contribution in [3.63, 3.8) is 0 Å². The first-order valence-electron chi connectivity index (χ1n) is 3.32. The molecule has 3 N–H and O–H groups in total. The minimum absolute atomic E-state index is 0.553. The van der Waals surface area contributed by atoms with E-state index in [9.17, 15) is 0 Å². The number of halogens is 1. The first kappa shape index (κ1) is 8.74. The predicted molar refractivity (Wildman–Crippen MR) is 50.2 cm³/mol. The van der Waals surface area contributed by atoms with Crippen molar-refractivity contribution in [2.75, 3.05) is 0 Å². The van der Waals surface area contributed by atoms with Crippen LogP contribution in [0, 0.1) is 5.41 Å². The lowest BCUT2D eigenvalue weighted by Crippen LogP contribution is -1.93. The Morgan fingerprint density at radius 3 is 2.92 bits per heavy atom. The van der Waals surface area contributed by atoms with E-state index in [-0.39, 0.29) is 0 Å². The van der Waals surface area contributed by atoms with Gasteiger partial charge in [-0.15, -0.1) is 0 Å². The average Bonchev–Trinajstić information content (AvgIpc) is 2.07. The van der Waals surface area contributed by atoms with Gasteiger partial charge in [-0.1, -0.05) is 11.6 Å². The molecule has 0 aromatic carbocycles. The first-order valence-corrected chi connectivity index (χ1v) is 3.70. The minimum Gasteiger partial charge on any atom is -0.404 e. The number of nitrogens with zero attached hydrogens (tertiary/aromatic N) is 1. The Morgan fingerprint density at radius 2 is 2.42 bits per heavy atom. The maximum Gasteiger partial charge on any atom is 0.0746 e. The summed E-state index contributed by atoms with van der Waals surface area (Å²) in [5, 5.41) is 7.60. The molecule has 62 valence electrons. The van der Waals surface area contributed by atoms with Crippen LogP contribution in [0.1, 0.15) is 5.69 Å². The van der Waals surface area contributed by atoms with Crippen molar-refractivity contribution >= 4 is 23.4 Å². The van der Waals surface area contributed by atoms with Gasteiger partial charge in [-0.2, -0.15) is 0 Å². The van der Waals surface area contributed by atoms with Crippen molar-refractivity contribution in [3.05, 3.63) is 35.2 Å². The number of aromatic nitrogens is 1. The molecule has 0 fully saturated rings. The Hall–Kier alpha value is -1.35. The van der Waals surface area contributed by atoms with E-state index in [4.69, 9.17) is 22.7 Å². The second-order valence-corrected chi connectivity index (χ2v) is 2.56. The summed E-state index contributed by atoms with van der Waals surface area (Å²) in [4.78, 5) is 4.00. The number of allylic oxidation sites excluding steroid dienone is 1. The molecule has 0 spiro atoms. The fourth-order valence-corrected chi connectivity index (χ4v) is 0.930. The Morgan fingerprint density at radius 1 is 1.67 bits per heavy atom. The van der Waals surface area contributed by atoms with Gasteiger partial charge in [-0.05, 0) is 12.1 Å². The molecule has 1 rings (SSSR count). The summed E-state index contributed by atoms with van der Waals surface area (Å²) in [7, 11) is 0. The van der Waals surface area contributed by atoms with Gasteiger partial charge in [-0.3, -0.25) is 4.98 Å². The summed E-state index contributed by atoms with van der Waals surface area (Å²) in [6.07, 6.45) is 4.04. The summed E-state index contributed by atoms with van der Waals surface area (Å²) in [6.45, 7) is 0. The summed E-state index contributed by atoms with van der Waals surface area (Å²) >= 11 is 5.72. The molecule has 0 amide bonds. The topological polar surface area (TPSA) is 62.8 Å². The van der Waals surface area contributed by atoms with E-state index in [1.165, 1.54) is 6.20 Å². The summed E-state index contributed by atoms with van der Waals surface area (Å²) in [5.41, 5.74) is 6.43. The molecule has 0 unspecified atom stereocenters. The molecule has 0 aliphatic carbocycles. The zero-order valence-electron chi connectivity index (χ0n) is 6.29. The van der Waals surface area contributed by atoms with Crippen molar-refractivity contribution in [1.82, 2.24) is 4.98 Å². The zero-order chi connectivity index (χ0) is 8.97. The van der Waals surface area contributed by atoms with Crippen molar-refractivity contribution in [2.24, 2.45) is 5.73 Å². The molecular weight excluding hydrogens is 174 g/mol. The molecule has 0 aliphatic heterocycles. The summed E-state index contributed by atoms with van der Waals surface area (Å²) in [6, 6.07) is 3.33. The molecule has 1 heterocycles. The zero-order valence-corrected chi connectivity index (χ0v) is 7.05. The van der Waals surface area contributed by atoms with Gasteiger partial charge in [0, 0.05) is 29.2 Å². The quantitative estimate of drug-likeness (QED) is 0.682. The molecule has 0 bridgehead atoms. The van der Waals surface area contributed by atoms with E-state index in [1.54, 1.807) is 18.3 Å². The number of rotatable bonds is 2. The largest absolute Gasteiger partial charge is 0.404 e. The van der Waals surface area contributed by atoms with Gasteiger partial charge in [0.05, 0.1) is 5.69 Å². The molecule has 0 radical (unpaired) electrons. The summed E-state index contributed by atoms with van der Waals surface area (Å²) < 4.78 is 0. The van der Waals surface area contributed by atoms with Crippen LogP contribution in [0.2, 0.25) is 5.02 Å². The van der Waals surface area contributed by atoms with E-state index in [2.05, 4.69) is 4.98 Å². The van der Waals surface area contributed by atoms with Crippen molar-refractivity contribution in [3.8, 4) is 0 Å². The molecule has 4 heteroatoms. The maximum absolute atomic E-state index is 7.01. The van der Waals surface area contributed by atoms with Crippen LogP contribution in [0.4, 0.5) is 0 Å². The van der Waals surface area contributed by atoms with E-state index in [0.29, 0.717) is 16.3 Å². The van der Waals surface area contributed by atoms with E-state index in [1.807, 2.05) is 0 Å². The predicted octanol–water partition coefficient (Wildman–Crippen LogP) is 1.68. The minimum atomic E-state index is 0.553. The fraction of sp³-hybridized carbons (Fsp3) is 0. The smallest absolute Gasteiger partial charge is 0.0746 e. The number of pyridine rings is 1. The standard InChI is InChI=1S/C8H8ClN3/c9-7-1-2-12-8(3-7)6(4-10)5-11/h1-5,10H,11H2/b6-5+,10-4?. The highest BCUT2D eigenvalue weighted by atomic mass is 35.5. The van der Waals surface area contributed by atoms with Gasteiger partial charge in [-0.25, -0.2) is 0 Å². The van der Waals surface area contributed by atoms with Crippen LogP contribution >= 0.6 is 11.6 Å². The normalized spacial score (nSPS) is 11.2. The maximum atomic E-state index is 7.01. The second kappa shape index (κ2) is 3.88. The molecule has 1 aromatic heterocycles. The third-order valence-corrected chi connectivity index (χ3v) is 1.59. The molecular formula is C8H8ClN3. The van der Waals surface area contributed by atoms with Crippen LogP contribution in [0.5, 0.6) is 0 Å². The Balaban J connectivity index is 3.10. The van der Waals surface area contributed by atoms with Crippen molar-refractivity contribution in [1.29, 1.82) is 5.41 Å². The van der Waals surface area contributed by atoms with Crippen molar-refractivity contribution < 1.29 is 0 Å². The van der Waals surface area contributed by atoms with Crippen LogP contribution in [0.25, 0.3) is 5.57 Å². The number of nitrogens with two attached hydrogens (primary N) is 1. The lowest BCUT2D eigenvalue weighted by Gasteiger charge is -1.98. The lowest BCUT2D eigenvalue weighted by molar-refractivity contribution is 1.28. The number of hydrogen-bond acceptors (Lipinski definition) is 3. The van der Waals surface area contributed by atoms with Gasteiger partial charge in [0.2, 0.25) is 0 Å². The van der Waals surface area contributed by atoms with Crippen LogP contribution in [0.15, 0.2) is 24.5 Å². The number of hydrogen-bond donors (Lipinski definition) is 2. The Kier molecular flexibility index (Phi) is 2.82. The van der Waals surface area contributed by atoms with E-state index < -0.39 is 0 Å². The first-order chi connectivity index (χ1) is 5.77. The number of nitrogens with one attached hydrogen (secondary N) is 1. The molecule has 0 saturated carbocycles. The monoisotopic (exact) mass is 181 g/mol. The molecule has 3 nitrogen and oxygen atoms in total. The van der Waals surface area contributed by atoms with Crippen LogP contribution in [-0.4, -0.2) is 11.2 Å². The third kappa shape index (κ3) is 1.83. The van der Waals surface area contributed by atoms with Crippen molar-refractivity contribution in [2.45, 2.75) is 0 Å². The highest BCUT2D eigenvalue weighted by molar-refractivity contribution is 6.30. The Bertz CT molecular complexity index is 320. The van der Waals surface area contributed by atoms with Gasteiger partial charge in [0.25, 0.3) is 0 Å². The highest BCUT2D eigenvalue weighted by Gasteiger charge is 1.98. The van der Waals surface area contributed by atoms with E-state index >= 15 is 0 Å². The molecule has 12 heavy (non-hydrogen) atoms. The van der Waals surface area contributed by atoms with Gasteiger partial charge in [0.15, 0.2) is 0 Å². The van der Waals surface area contributed by atoms with Gasteiger partial charge >= 0.3 is 0 Å².